The summed E-state index contributed by atoms with van der Waals surface area (Å²) in [6.07, 6.45) is 0.396. The molecule has 4 rings (SSSR count). The molecule has 4 fully saturated rings. The lowest BCUT2D eigenvalue weighted by Gasteiger charge is -2.50. The Bertz CT molecular complexity index is 1490. The zero-order valence-corrected chi connectivity index (χ0v) is 37.8. The summed E-state index contributed by atoms with van der Waals surface area (Å²) in [7, 11) is 3.45. The standard InChI is InChI=1S/C45H76N2O12/c1-15-17-20-47(13)33-21-27(5)55-42(37(33)48)59-40-29(7)38(58-35-23-43(10,53-14)39(49)31(9)56-35)30(8)41(50)57-34(16-2)45(12,51)32-19-18-25(3)24-54-44(40,11)22-26(4)36(46-52)28(32)6/h1,26-35,37-40,42,48-49,51-52H,3,16-24H2,2,4-14H3/b46-36+/t26-,27-,28-,29+,30-,31+,32-,33+,34-,35+,37-,38?,39+,40-,42+,43-,44-,45+/m1/s1. The molecule has 2 bridgehead atoms. The number of cyclic esters (lactones) is 1. The maximum atomic E-state index is 14.6. The topological polar surface area (TPSA) is 178 Å². The van der Waals surface area contributed by atoms with E-state index < -0.39 is 102 Å². The van der Waals surface area contributed by atoms with Crippen LogP contribution in [0.15, 0.2) is 17.3 Å². The first-order chi connectivity index (χ1) is 27.6. The van der Waals surface area contributed by atoms with E-state index in [0.29, 0.717) is 44.4 Å². The maximum absolute atomic E-state index is 14.6. The number of carbonyl (C=O) groups is 1. The minimum absolute atomic E-state index is 0.145. The predicted molar refractivity (Wildman–Crippen MR) is 222 cm³/mol. The zero-order valence-electron chi connectivity index (χ0n) is 37.8. The van der Waals surface area contributed by atoms with E-state index in [4.69, 9.17) is 39.6 Å². The minimum Gasteiger partial charge on any atom is -0.459 e. The monoisotopic (exact) mass is 837 g/mol. The summed E-state index contributed by atoms with van der Waals surface area (Å²) < 4.78 is 45.8. The Kier molecular flexibility index (Phi) is 17.1. The van der Waals surface area contributed by atoms with Gasteiger partial charge in [-0.1, -0.05) is 45.0 Å². The fourth-order valence-electron chi connectivity index (χ4n) is 10.4. The smallest absolute Gasteiger partial charge is 0.311 e. The summed E-state index contributed by atoms with van der Waals surface area (Å²) in [6, 6.07) is -0.341. The number of aliphatic hydroxyl groups is 3. The second-order valence-corrected chi connectivity index (χ2v) is 18.8. The first-order valence-electron chi connectivity index (χ1n) is 21.7. The summed E-state index contributed by atoms with van der Waals surface area (Å²) in [5.74, 6) is -0.927. The Labute approximate surface area is 353 Å². The molecule has 0 aromatic rings. The molecular formula is C45H76N2O12. The van der Waals surface area contributed by atoms with Gasteiger partial charge < -0.3 is 53.7 Å². The number of terminal acetylenes is 1. The predicted octanol–water partition coefficient (Wildman–Crippen LogP) is 5.07. The first kappa shape index (κ1) is 49.5. The van der Waals surface area contributed by atoms with Gasteiger partial charge in [0.25, 0.3) is 0 Å². The minimum atomic E-state index is -1.54. The molecule has 4 aliphatic heterocycles. The van der Waals surface area contributed by atoms with E-state index in [1.165, 1.54) is 7.11 Å². The van der Waals surface area contributed by atoms with Crippen LogP contribution >= 0.6 is 0 Å². The molecular weight excluding hydrogens is 760 g/mol. The number of carbonyl (C=O) groups excluding carboxylic acids is 1. The van der Waals surface area contributed by atoms with E-state index in [1.54, 1.807) is 27.7 Å². The molecule has 14 nitrogen and oxygen atoms in total. The van der Waals surface area contributed by atoms with Gasteiger partial charge in [0, 0.05) is 50.3 Å². The Morgan fingerprint density at radius 3 is 2.34 bits per heavy atom. The average Bonchev–Trinajstić information content (AvgIpc) is 3.19. The van der Waals surface area contributed by atoms with Gasteiger partial charge in [-0.2, -0.15) is 0 Å². The fraction of sp³-hybridized carbons (Fsp3) is 0.867. The van der Waals surface area contributed by atoms with Gasteiger partial charge in [0.05, 0.1) is 53.9 Å². The highest BCUT2D eigenvalue weighted by molar-refractivity contribution is 5.88. The van der Waals surface area contributed by atoms with Gasteiger partial charge >= 0.3 is 5.97 Å². The number of likely N-dealkylation sites (N-methyl/N-ethyl adjacent to an activating group) is 1. The van der Waals surface area contributed by atoms with Gasteiger partial charge in [0.2, 0.25) is 0 Å². The van der Waals surface area contributed by atoms with Crippen molar-refractivity contribution in [2.24, 2.45) is 34.7 Å². The van der Waals surface area contributed by atoms with Crippen LogP contribution in [0.2, 0.25) is 0 Å². The molecule has 0 radical (unpaired) electrons. The number of fused-ring (bicyclic) bond motifs is 5. The quantitative estimate of drug-likeness (QED) is 0.0797. The van der Waals surface area contributed by atoms with E-state index in [9.17, 15) is 25.3 Å². The number of hydrogen-bond acceptors (Lipinski definition) is 14. The highest BCUT2D eigenvalue weighted by Crippen LogP contribution is 2.45. The lowest BCUT2D eigenvalue weighted by atomic mass is 9.68. The summed E-state index contributed by atoms with van der Waals surface area (Å²) in [6.45, 7) is 23.6. The van der Waals surface area contributed by atoms with Gasteiger partial charge in [0.1, 0.15) is 23.9 Å². The van der Waals surface area contributed by atoms with E-state index in [1.807, 2.05) is 53.5 Å². The van der Waals surface area contributed by atoms with Crippen LogP contribution in [0.3, 0.4) is 0 Å². The number of hydrogen-bond donors (Lipinski definition) is 4. The molecule has 338 valence electrons. The van der Waals surface area contributed by atoms with E-state index in [2.05, 4.69) is 17.7 Å². The third-order valence-electron chi connectivity index (χ3n) is 14.2. The van der Waals surface area contributed by atoms with Gasteiger partial charge in [-0.3, -0.25) is 9.69 Å². The number of ether oxygens (including phenoxy) is 7. The molecule has 1 unspecified atom stereocenters. The zero-order chi connectivity index (χ0) is 44.2. The van der Waals surface area contributed by atoms with Crippen molar-refractivity contribution in [1.29, 1.82) is 0 Å². The maximum Gasteiger partial charge on any atom is 0.311 e. The van der Waals surface area contributed by atoms with Gasteiger partial charge in [-0.15, -0.1) is 12.3 Å². The second kappa shape index (κ2) is 20.4. The van der Waals surface area contributed by atoms with E-state index >= 15 is 0 Å². The third-order valence-corrected chi connectivity index (χ3v) is 14.2. The van der Waals surface area contributed by atoms with Crippen LogP contribution in [0.5, 0.6) is 0 Å². The lowest BCUT2D eigenvalue weighted by Crippen LogP contribution is -2.61. The van der Waals surface area contributed by atoms with Crippen molar-refractivity contribution in [3.05, 3.63) is 12.2 Å². The summed E-state index contributed by atoms with van der Waals surface area (Å²) in [5, 5.41) is 50.2. The summed E-state index contributed by atoms with van der Waals surface area (Å²) in [5.41, 5.74) is -2.53. The number of methoxy groups -OCH3 is 1. The van der Waals surface area contributed by atoms with E-state index in [0.717, 1.165) is 5.57 Å². The van der Waals surface area contributed by atoms with Crippen LogP contribution in [-0.4, -0.2) is 143 Å². The molecule has 59 heavy (non-hydrogen) atoms. The number of nitrogens with zero attached hydrogens (tertiary/aromatic N) is 2. The molecule has 4 aliphatic rings. The second-order valence-electron chi connectivity index (χ2n) is 18.8. The Morgan fingerprint density at radius 1 is 1.05 bits per heavy atom. The molecule has 0 saturated carbocycles. The van der Waals surface area contributed by atoms with Crippen molar-refractivity contribution >= 4 is 11.7 Å². The molecule has 14 heteroatoms. The molecule has 4 heterocycles. The number of oxime groups is 1. The molecule has 18 atom stereocenters. The summed E-state index contributed by atoms with van der Waals surface area (Å²) >= 11 is 0. The van der Waals surface area contributed by atoms with Crippen molar-refractivity contribution in [2.75, 3.05) is 27.3 Å². The van der Waals surface area contributed by atoms with E-state index in [-0.39, 0.29) is 31.6 Å². The van der Waals surface area contributed by atoms with Crippen LogP contribution in [0.4, 0.5) is 0 Å². The molecule has 0 aromatic carbocycles. The van der Waals surface area contributed by atoms with Crippen molar-refractivity contribution in [3.8, 4) is 12.3 Å². The Morgan fingerprint density at radius 2 is 1.73 bits per heavy atom. The molecule has 4 N–H and O–H groups in total. The van der Waals surface area contributed by atoms with Gasteiger partial charge in [0.15, 0.2) is 12.6 Å². The highest BCUT2D eigenvalue weighted by atomic mass is 16.7. The van der Waals surface area contributed by atoms with Crippen LogP contribution in [-0.2, 0) is 38.0 Å². The molecule has 0 aliphatic carbocycles. The largest absolute Gasteiger partial charge is 0.459 e. The van der Waals surface area contributed by atoms with Crippen molar-refractivity contribution < 1.29 is 58.5 Å². The number of rotatable bonds is 9. The molecule has 0 aromatic heterocycles. The normalized spacial score (nSPS) is 46.5. The van der Waals surface area contributed by atoms with Crippen molar-refractivity contribution in [2.45, 2.75) is 192 Å². The number of esters is 1. The SMILES string of the molecule is C#CCCN(C)[C@H]1C[C@@H](C)O[C@@H](O[C@@H]2[C@@H](C)C(O[C@H]3C[C@@](C)(OC)[C@@H](O)[C@H](C)O3)[C@@H](C)C(=O)O[C@H](CC)[C@@](C)(O)[C@@H]3CCC(=C)CO[C@]2(C)C[C@@H](C)/C(=N\O)[C@@H]3C)[C@@H]1O. The van der Waals surface area contributed by atoms with Crippen molar-refractivity contribution in [1.82, 2.24) is 4.90 Å². The highest BCUT2D eigenvalue weighted by Gasteiger charge is 2.54. The van der Waals surface area contributed by atoms with Crippen LogP contribution < -0.4 is 0 Å². The van der Waals surface area contributed by atoms with Crippen LogP contribution in [0.1, 0.15) is 114 Å². The average molecular weight is 837 g/mol. The molecule has 4 saturated heterocycles. The molecule has 0 amide bonds. The summed E-state index contributed by atoms with van der Waals surface area (Å²) in [4.78, 5) is 16.6. The van der Waals surface area contributed by atoms with Crippen LogP contribution in [0, 0.1) is 41.9 Å². The third kappa shape index (κ3) is 10.9. The fourth-order valence-corrected chi connectivity index (χ4v) is 10.4. The Hall–Kier alpha value is -2.16. The Balaban J connectivity index is 1.95. The van der Waals surface area contributed by atoms with Crippen molar-refractivity contribution in [3.63, 3.8) is 0 Å². The van der Waals surface area contributed by atoms with Crippen LogP contribution in [0.25, 0.3) is 0 Å². The molecule has 0 spiro atoms. The van der Waals surface area contributed by atoms with Gasteiger partial charge in [-0.05, 0) is 86.6 Å². The first-order valence-corrected chi connectivity index (χ1v) is 21.7. The number of aliphatic hydroxyl groups excluding tert-OH is 2. The van der Waals surface area contributed by atoms with Gasteiger partial charge in [-0.25, -0.2) is 0 Å². The lowest BCUT2D eigenvalue weighted by molar-refractivity contribution is -0.320.